The van der Waals surface area contributed by atoms with Crippen LogP contribution in [0.5, 0.6) is 5.75 Å². The average Bonchev–Trinajstić information content (AvgIpc) is 2.44. The van der Waals surface area contributed by atoms with Crippen LogP contribution in [-0.2, 0) is 10.0 Å². The van der Waals surface area contributed by atoms with Crippen LogP contribution >= 0.6 is 0 Å². The van der Waals surface area contributed by atoms with E-state index < -0.39 is 10.0 Å². The summed E-state index contributed by atoms with van der Waals surface area (Å²) in [7, 11) is -3.45. The van der Waals surface area contributed by atoms with Gasteiger partial charge in [-0.2, -0.15) is 0 Å². The highest BCUT2D eigenvalue weighted by Crippen LogP contribution is 2.28. The van der Waals surface area contributed by atoms with Crippen LogP contribution in [0, 0.1) is 13.8 Å². The molecule has 0 aliphatic heterocycles. The van der Waals surface area contributed by atoms with Crippen molar-refractivity contribution in [3.63, 3.8) is 0 Å². The largest absolute Gasteiger partial charge is 0.494 e. The summed E-state index contributed by atoms with van der Waals surface area (Å²) < 4.78 is 33.6. The molecule has 0 saturated heterocycles. The molecule has 1 N–H and O–H groups in total. The first-order valence-corrected chi connectivity index (χ1v) is 9.19. The van der Waals surface area contributed by atoms with Crippen molar-refractivity contribution in [2.75, 3.05) is 6.61 Å². The normalized spacial score (nSPS) is 16.9. The van der Waals surface area contributed by atoms with E-state index in [1.807, 2.05) is 20.8 Å². The molecule has 2 rings (SSSR count). The third-order valence-corrected chi connectivity index (χ3v) is 5.87. The molecule has 1 aliphatic rings. The van der Waals surface area contributed by atoms with Gasteiger partial charge in [0.2, 0.25) is 10.0 Å². The molecule has 0 amide bonds. The van der Waals surface area contributed by atoms with E-state index in [0.717, 1.165) is 42.6 Å². The van der Waals surface area contributed by atoms with Crippen molar-refractivity contribution < 1.29 is 13.2 Å². The van der Waals surface area contributed by atoms with Crippen molar-refractivity contribution in [2.45, 2.75) is 63.8 Å². The quantitative estimate of drug-likeness (QED) is 0.907. The highest BCUT2D eigenvalue weighted by atomic mass is 32.2. The third-order valence-electron chi connectivity index (χ3n) is 4.20. The van der Waals surface area contributed by atoms with E-state index in [1.54, 1.807) is 12.1 Å². The highest BCUT2D eigenvalue weighted by Gasteiger charge is 2.24. The topological polar surface area (TPSA) is 55.4 Å². The predicted molar refractivity (Wildman–Crippen MR) is 84.3 cm³/mol. The summed E-state index contributed by atoms with van der Waals surface area (Å²) in [6.45, 7) is 6.24. The van der Waals surface area contributed by atoms with Gasteiger partial charge in [-0.05, 0) is 56.9 Å². The van der Waals surface area contributed by atoms with Gasteiger partial charge in [-0.25, -0.2) is 13.1 Å². The Hall–Kier alpha value is -1.07. The molecule has 1 aromatic carbocycles. The summed E-state index contributed by atoms with van der Waals surface area (Å²) in [5, 5.41) is 0. The van der Waals surface area contributed by atoms with E-state index in [2.05, 4.69) is 4.72 Å². The Morgan fingerprint density at radius 2 is 1.81 bits per heavy atom. The number of ether oxygens (including phenoxy) is 1. The summed E-state index contributed by atoms with van der Waals surface area (Å²) in [5.74, 6) is 0.756. The van der Waals surface area contributed by atoms with Gasteiger partial charge in [-0.3, -0.25) is 0 Å². The van der Waals surface area contributed by atoms with Crippen LogP contribution in [0.4, 0.5) is 0 Å². The smallest absolute Gasteiger partial charge is 0.241 e. The SMILES string of the molecule is CCOc1ccc(S(=O)(=O)NC2CCCCC2)c(C)c1C. The summed E-state index contributed by atoms with van der Waals surface area (Å²) >= 11 is 0. The summed E-state index contributed by atoms with van der Waals surface area (Å²) in [5.41, 5.74) is 1.66. The van der Waals surface area contributed by atoms with Crippen molar-refractivity contribution >= 4 is 10.0 Å². The number of sulfonamides is 1. The maximum atomic E-state index is 12.6. The van der Waals surface area contributed by atoms with E-state index >= 15 is 0 Å². The molecule has 118 valence electrons. The number of hydrogen-bond acceptors (Lipinski definition) is 3. The minimum atomic E-state index is -3.45. The maximum absolute atomic E-state index is 12.6. The van der Waals surface area contributed by atoms with Crippen molar-refractivity contribution in [3.05, 3.63) is 23.3 Å². The number of nitrogens with one attached hydrogen (secondary N) is 1. The van der Waals surface area contributed by atoms with E-state index in [-0.39, 0.29) is 6.04 Å². The molecular weight excluding hydrogens is 286 g/mol. The predicted octanol–water partition coefficient (Wildman–Crippen LogP) is 3.31. The molecule has 0 aromatic heterocycles. The van der Waals surface area contributed by atoms with Gasteiger partial charge in [-0.15, -0.1) is 0 Å². The van der Waals surface area contributed by atoms with E-state index in [9.17, 15) is 8.42 Å². The lowest BCUT2D eigenvalue weighted by Crippen LogP contribution is -2.36. The fourth-order valence-corrected chi connectivity index (χ4v) is 4.48. The van der Waals surface area contributed by atoms with Crippen LogP contribution in [0.25, 0.3) is 0 Å². The van der Waals surface area contributed by atoms with Gasteiger partial charge in [0.15, 0.2) is 0 Å². The number of rotatable bonds is 5. The minimum absolute atomic E-state index is 0.0787. The van der Waals surface area contributed by atoms with E-state index in [4.69, 9.17) is 4.74 Å². The molecule has 4 nitrogen and oxygen atoms in total. The lowest BCUT2D eigenvalue weighted by Gasteiger charge is -2.23. The highest BCUT2D eigenvalue weighted by molar-refractivity contribution is 7.89. The molecule has 1 saturated carbocycles. The Balaban J connectivity index is 2.25. The molecule has 0 bridgehead atoms. The second-order valence-corrected chi connectivity index (χ2v) is 7.38. The molecule has 1 aliphatic carbocycles. The zero-order chi connectivity index (χ0) is 15.5. The second-order valence-electron chi connectivity index (χ2n) is 5.70. The van der Waals surface area contributed by atoms with Crippen LogP contribution < -0.4 is 9.46 Å². The Labute approximate surface area is 127 Å². The first kappa shape index (κ1) is 16.3. The van der Waals surface area contributed by atoms with Crippen LogP contribution in [0.2, 0.25) is 0 Å². The Kier molecular flexibility index (Phi) is 5.27. The zero-order valence-corrected chi connectivity index (χ0v) is 13.9. The Morgan fingerprint density at radius 3 is 2.43 bits per heavy atom. The Bertz CT molecular complexity index is 590. The number of benzene rings is 1. The van der Waals surface area contributed by atoms with Gasteiger partial charge in [0.25, 0.3) is 0 Å². The average molecular weight is 311 g/mol. The van der Waals surface area contributed by atoms with Crippen molar-refractivity contribution in [1.82, 2.24) is 4.72 Å². The van der Waals surface area contributed by atoms with Gasteiger partial charge in [0, 0.05) is 6.04 Å². The van der Waals surface area contributed by atoms with Gasteiger partial charge < -0.3 is 4.74 Å². The molecule has 5 heteroatoms. The molecule has 0 radical (unpaired) electrons. The zero-order valence-electron chi connectivity index (χ0n) is 13.1. The van der Waals surface area contributed by atoms with Crippen molar-refractivity contribution in [3.8, 4) is 5.75 Å². The van der Waals surface area contributed by atoms with Gasteiger partial charge in [0.05, 0.1) is 11.5 Å². The molecule has 0 atom stereocenters. The summed E-state index contributed by atoms with van der Waals surface area (Å²) in [4.78, 5) is 0.369. The van der Waals surface area contributed by atoms with Gasteiger partial charge in [0.1, 0.15) is 5.75 Å². The molecule has 1 fully saturated rings. The lowest BCUT2D eigenvalue weighted by atomic mass is 9.96. The summed E-state index contributed by atoms with van der Waals surface area (Å²) in [6.07, 6.45) is 5.30. The molecule has 1 aromatic rings. The maximum Gasteiger partial charge on any atom is 0.241 e. The molecule has 0 heterocycles. The lowest BCUT2D eigenvalue weighted by molar-refractivity contribution is 0.337. The fraction of sp³-hybridized carbons (Fsp3) is 0.625. The van der Waals surface area contributed by atoms with Crippen LogP contribution in [-0.4, -0.2) is 21.1 Å². The summed E-state index contributed by atoms with van der Waals surface area (Å²) in [6, 6.07) is 3.48. The van der Waals surface area contributed by atoms with Gasteiger partial charge in [-0.1, -0.05) is 19.3 Å². The third kappa shape index (κ3) is 3.77. The molecule has 0 spiro atoms. The number of hydrogen-bond donors (Lipinski definition) is 1. The Morgan fingerprint density at radius 1 is 1.14 bits per heavy atom. The standard InChI is InChI=1S/C16H25NO3S/c1-4-20-15-10-11-16(13(3)12(15)2)21(18,19)17-14-8-6-5-7-9-14/h10-11,14,17H,4-9H2,1-3H3. The van der Waals surface area contributed by atoms with Gasteiger partial charge >= 0.3 is 0 Å². The first-order chi connectivity index (χ1) is 9.95. The van der Waals surface area contributed by atoms with Crippen molar-refractivity contribution in [2.24, 2.45) is 0 Å². The van der Waals surface area contributed by atoms with E-state index in [1.165, 1.54) is 6.42 Å². The van der Waals surface area contributed by atoms with Crippen LogP contribution in [0.15, 0.2) is 17.0 Å². The van der Waals surface area contributed by atoms with Crippen LogP contribution in [0.1, 0.15) is 50.2 Å². The fourth-order valence-electron chi connectivity index (χ4n) is 2.88. The monoisotopic (exact) mass is 311 g/mol. The molecular formula is C16H25NO3S. The molecule has 0 unspecified atom stereocenters. The minimum Gasteiger partial charge on any atom is -0.494 e. The van der Waals surface area contributed by atoms with Crippen LogP contribution in [0.3, 0.4) is 0 Å². The van der Waals surface area contributed by atoms with Crippen molar-refractivity contribution in [1.29, 1.82) is 0 Å². The second kappa shape index (κ2) is 6.79. The molecule has 21 heavy (non-hydrogen) atoms. The first-order valence-electron chi connectivity index (χ1n) is 7.71. The van der Waals surface area contributed by atoms with E-state index in [0.29, 0.717) is 11.5 Å².